The van der Waals surface area contributed by atoms with Gasteiger partial charge in [0.2, 0.25) is 5.91 Å². The average molecular weight is 157 g/mol. The van der Waals surface area contributed by atoms with Crippen molar-refractivity contribution >= 4 is 5.91 Å². The van der Waals surface area contributed by atoms with E-state index in [4.69, 9.17) is 5.84 Å². The maximum atomic E-state index is 10.8. The van der Waals surface area contributed by atoms with Crippen molar-refractivity contribution in [2.75, 3.05) is 13.1 Å². The van der Waals surface area contributed by atoms with Crippen molar-refractivity contribution in [3.05, 3.63) is 0 Å². The largest absolute Gasteiger partial charge is 0.300 e. The maximum Gasteiger partial charge on any atom is 0.235 e. The molecule has 0 saturated carbocycles. The highest BCUT2D eigenvalue weighted by molar-refractivity contribution is 5.75. The first-order valence-electron chi connectivity index (χ1n) is 3.97. The van der Waals surface area contributed by atoms with Crippen LogP contribution < -0.4 is 11.3 Å². The molecule has 1 rings (SSSR count). The van der Waals surface area contributed by atoms with Gasteiger partial charge in [-0.3, -0.25) is 10.2 Å². The summed E-state index contributed by atoms with van der Waals surface area (Å²) < 4.78 is 0. The molecule has 1 aliphatic rings. The molecule has 64 valence electrons. The number of nitrogens with one attached hydrogen (secondary N) is 1. The number of likely N-dealkylation sites (tertiary alicyclic amines) is 1. The van der Waals surface area contributed by atoms with E-state index in [0.717, 1.165) is 13.1 Å². The molecule has 1 aliphatic heterocycles. The monoisotopic (exact) mass is 157 g/mol. The van der Waals surface area contributed by atoms with E-state index in [2.05, 4.69) is 17.2 Å². The second-order valence-corrected chi connectivity index (χ2v) is 3.01. The molecule has 0 aromatic carbocycles. The number of rotatable bonds is 3. The van der Waals surface area contributed by atoms with E-state index in [-0.39, 0.29) is 5.91 Å². The van der Waals surface area contributed by atoms with Crippen LogP contribution in [-0.4, -0.2) is 29.9 Å². The van der Waals surface area contributed by atoms with Crippen LogP contribution in [0, 0.1) is 0 Å². The second-order valence-electron chi connectivity index (χ2n) is 3.01. The zero-order valence-corrected chi connectivity index (χ0v) is 6.84. The van der Waals surface area contributed by atoms with E-state index in [0.29, 0.717) is 12.5 Å². The first kappa shape index (κ1) is 8.49. The summed E-state index contributed by atoms with van der Waals surface area (Å²) in [5, 5.41) is 0. The van der Waals surface area contributed by atoms with Crippen molar-refractivity contribution in [3.8, 4) is 0 Å². The lowest BCUT2D eigenvalue weighted by Crippen LogP contribution is -2.46. The fraction of sp³-hybridized carbons (Fsp3) is 0.857. The van der Waals surface area contributed by atoms with E-state index >= 15 is 0 Å². The van der Waals surface area contributed by atoms with Crippen molar-refractivity contribution in [2.24, 2.45) is 5.84 Å². The van der Waals surface area contributed by atoms with Gasteiger partial charge in [-0.2, -0.15) is 0 Å². The predicted molar refractivity (Wildman–Crippen MR) is 42.6 cm³/mol. The third-order valence-corrected chi connectivity index (χ3v) is 2.16. The summed E-state index contributed by atoms with van der Waals surface area (Å²) in [7, 11) is 0. The van der Waals surface area contributed by atoms with Crippen LogP contribution in [0.5, 0.6) is 0 Å². The Balaban J connectivity index is 2.19. The Hall–Kier alpha value is -0.610. The number of nitrogens with two attached hydrogens (primary N) is 1. The summed E-state index contributed by atoms with van der Waals surface area (Å²) >= 11 is 0. The molecule has 1 heterocycles. The molecular weight excluding hydrogens is 142 g/mol. The van der Waals surface area contributed by atoms with Crippen LogP contribution in [0.3, 0.4) is 0 Å². The molecule has 0 radical (unpaired) electrons. The van der Waals surface area contributed by atoms with E-state index in [1.807, 2.05) is 0 Å². The number of amides is 1. The van der Waals surface area contributed by atoms with E-state index in [1.54, 1.807) is 0 Å². The van der Waals surface area contributed by atoms with E-state index in [9.17, 15) is 4.79 Å². The van der Waals surface area contributed by atoms with Crippen LogP contribution in [0.25, 0.3) is 0 Å². The Morgan fingerprint density at radius 3 is 2.73 bits per heavy atom. The molecule has 1 fully saturated rings. The highest BCUT2D eigenvalue weighted by Gasteiger charge is 2.21. The molecule has 11 heavy (non-hydrogen) atoms. The molecule has 1 atom stereocenters. The number of carbonyl (C=O) groups excluding carboxylic acids is 1. The van der Waals surface area contributed by atoms with Gasteiger partial charge in [0.15, 0.2) is 0 Å². The third-order valence-electron chi connectivity index (χ3n) is 2.16. The zero-order chi connectivity index (χ0) is 8.27. The molecule has 0 aromatic rings. The van der Waals surface area contributed by atoms with Crippen molar-refractivity contribution in [3.63, 3.8) is 0 Å². The fourth-order valence-electron chi connectivity index (χ4n) is 1.24. The standard InChI is InChI=1S/C7H15N3O/c1-6(5-7(11)9-8)10-3-2-4-10/h6H,2-5,8H2,1H3,(H,9,11). The molecule has 0 bridgehead atoms. The minimum Gasteiger partial charge on any atom is -0.300 e. The number of nitrogens with zero attached hydrogens (tertiary/aromatic N) is 1. The van der Waals surface area contributed by atoms with Gasteiger partial charge >= 0.3 is 0 Å². The van der Waals surface area contributed by atoms with Crippen molar-refractivity contribution in [1.82, 2.24) is 10.3 Å². The summed E-state index contributed by atoms with van der Waals surface area (Å²) in [4.78, 5) is 13.1. The quantitative estimate of drug-likeness (QED) is 0.328. The SMILES string of the molecule is CC(CC(=O)NN)N1CCC1. The maximum absolute atomic E-state index is 10.8. The first-order chi connectivity index (χ1) is 5.24. The van der Waals surface area contributed by atoms with Gasteiger partial charge in [0.1, 0.15) is 0 Å². The van der Waals surface area contributed by atoms with Gasteiger partial charge in [0.05, 0.1) is 0 Å². The van der Waals surface area contributed by atoms with Gasteiger partial charge in [-0.15, -0.1) is 0 Å². The lowest BCUT2D eigenvalue weighted by molar-refractivity contribution is -0.122. The van der Waals surface area contributed by atoms with Crippen LogP contribution in [0.2, 0.25) is 0 Å². The fourth-order valence-corrected chi connectivity index (χ4v) is 1.24. The van der Waals surface area contributed by atoms with Crippen LogP contribution >= 0.6 is 0 Å². The summed E-state index contributed by atoms with van der Waals surface area (Å²) in [6, 6.07) is 0.340. The predicted octanol–water partition coefficient (Wildman–Crippen LogP) is -0.539. The van der Waals surface area contributed by atoms with Gasteiger partial charge in [-0.1, -0.05) is 0 Å². The summed E-state index contributed by atoms with van der Waals surface area (Å²) in [5.74, 6) is 4.88. The van der Waals surface area contributed by atoms with Gasteiger partial charge in [0.25, 0.3) is 0 Å². The molecule has 3 N–H and O–H groups in total. The molecule has 1 unspecified atom stereocenters. The number of hydrazine groups is 1. The highest BCUT2D eigenvalue weighted by atomic mass is 16.2. The summed E-state index contributed by atoms with van der Waals surface area (Å²) in [6.07, 6.45) is 1.77. The Bertz CT molecular complexity index is 145. The number of hydrogen-bond acceptors (Lipinski definition) is 3. The van der Waals surface area contributed by atoms with Gasteiger partial charge in [-0.25, -0.2) is 5.84 Å². The van der Waals surface area contributed by atoms with Gasteiger partial charge in [0, 0.05) is 12.5 Å². The van der Waals surface area contributed by atoms with Crippen LogP contribution in [0.4, 0.5) is 0 Å². The second kappa shape index (κ2) is 3.69. The topological polar surface area (TPSA) is 58.4 Å². The Morgan fingerprint density at radius 2 is 2.36 bits per heavy atom. The van der Waals surface area contributed by atoms with Crippen molar-refractivity contribution in [2.45, 2.75) is 25.8 Å². The van der Waals surface area contributed by atoms with Crippen LogP contribution in [-0.2, 0) is 4.79 Å². The normalized spacial score (nSPS) is 20.5. The highest BCUT2D eigenvalue weighted by Crippen LogP contribution is 2.12. The van der Waals surface area contributed by atoms with Crippen molar-refractivity contribution in [1.29, 1.82) is 0 Å². The lowest BCUT2D eigenvalue weighted by Gasteiger charge is -2.35. The molecule has 0 aliphatic carbocycles. The molecule has 4 nitrogen and oxygen atoms in total. The minimum atomic E-state index is -0.0793. The molecule has 0 aromatic heterocycles. The van der Waals surface area contributed by atoms with E-state index < -0.39 is 0 Å². The van der Waals surface area contributed by atoms with Crippen molar-refractivity contribution < 1.29 is 4.79 Å². The van der Waals surface area contributed by atoms with Gasteiger partial charge in [-0.05, 0) is 26.4 Å². The lowest BCUT2D eigenvalue weighted by atomic mass is 10.1. The molecular formula is C7H15N3O. The van der Waals surface area contributed by atoms with Gasteiger partial charge < -0.3 is 4.90 Å². The number of carbonyl (C=O) groups is 1. The summed E-state index contributed by atoms with van der Waals surface area (Å²) in [6.45, 7) is 4.30. The third kappa shape index (κ3) is 2.17. The zero-order valence-electron chi connectivity index (χ0n) is 6.84. The molecule has 4 heteroatoms. The van der Waals surface area contributed by atoms with Crippen LogP contribution in [0.1, 0.15) is 19.8 Å². The van der Waals surface area contributed by atoms with E-state index in [1.165, 1.54) is 6.42 Å². The molecule has 0 spiro atoms. The van der Waals surface area contributed by atoms with Crippen LogP contribution in [0.15, 0.2) is 0 Å². The minimum absolute atomic E-state index is 0.0793. The molecule has 1 amide bonds. The number of hydrogen-bond donors (Lipinski definition) is 2. The Morgan fingerprint density at radius 1 is 1.73 bits per heavy atom. The average Bonchev–Trinajstić information content (AvgIpc) is 1.83. The Kier molecular flexibility index (Phi) is 2.84. The smallest absolute Gasteiger partial charge is 0.235 e. The first-order valence-corrected chi connectivity index (χ1v) is 3.97. The Labute approximate surface area is 66.7 Å². The molecule has 1 saturated heterocycles. The summed E-state index contributed by atoms with van der Waals surface area (Å²) in [5.41, 5.74) is 2.13.